The molecule has 0 aliphatic carbocycles. The monoisotopic (exact) mass is 396 g/mol. The van der Waals surface area contributed by atoms with E-state index < -0.39 is 5.82 Å². The third-order valence-corrected chi connectivity index (χ3v) is 4.84. The SMILES string of the molecule is Cl.O=C(NCC1=CCNCC1)C1CCCN(C(=O)Nc2ccccc2F)C1. The molecule has 27 heavy (non-hydrogen) atoms. The number of benzene rings is 1. The minimum atomic E-state index is -0.470. The van der Waals surface area contributed by atoms with E-state index >= 15 is 0 Å². The van der Waals surface area contributed by atoms with Gasteiger partial charge in [-0.25, -0.2) is 9.18 Å². The van der Waals surface area contributed by atoms with E-state index in [1.54, 1.807) is 17.0 Å². The van der Waals surface area contributed by atoms with Crippen LogP contribution >= 0.6 is 12.4 Å². The fourth-order valence-corrected chi connectivity index (χ4v) is 3.31. The molecule has 148 valence electrons. The molecule has 1 aromatic rings. The average molecular weight is 397 g/mol. The highest BCUT2D eigenvalue weighted by Crippen LogP contribution is 2.19. The van der Waals surface area contributed by atoms with Gasteiger partial charge in [-0.1, -0.05) is 23.8 Å². The summed E-state index contributed by atoms with van der Waals surface area (Å²) in [5, 5.41) is 8.82. The van der Waals surface area contributed by atoms with Crippen LogP contribution in [0.25, 0.3) is 0 Å². The summed E-state index contributed by atoms with van der Waals surface area (Å²) in [6.45, 7) is 3.28. The van der Waals surface area contributed by atoms with Gasteiger partial charge >= 0.3 is 6.03 Å². The molecule has 0 aromatic heterocycles. The number of urea groups is 1. The van der Waals surface area contributed by atoms with Gasteiger partial charge in [0.05, 0.1) is 11.6 Å². The Bertz CT molecular complexity index is 698. The highest BCUT2D eigenvalue weighted by molar-refractivity contribution is 5.90. The molecule has 3 N–H and O–H groups in total. The number of rotatable bonds is 4. The summed E-state index contributed by atoms with van der Waals surface area (Å²) in [6, 6.07) is 5.70. The molecule has 6 nitrogen and oxygen atoms in total. The van der Waals surface area contributed by atoms with Crippen molar-refractivity contribution in [3.8, 4) is 0 Å². The van der Waals surface area contributed by atoms with E-state index in [9.17, 15) is 14.0 Å². The highest BCUT2D eigenvalue weighted by Gasteiger charge is 2.28. The molecule has 0 saturated carbocycles. The molecule has 3 rings (SSSR count). The molecule has 2 aliphatic heterocycles. The number of piperidine rings is 1. The quantitative estimate of drug-likeness (QED) is 0.685. The molecule has 0 radical (unpaired) electrons. The van der Waals surface area contributed by atoms with Crippen molar-refractivity contribution in [1.82, 2.24) is 15.5 Å². The minimum Gasteiger partial charge on any atom is -0.352 e. The molecule has 2 aliphatic rings. The van der Waals surface area contributed by atoms with Crippen molar-refractivity contribution in [3.05, 3.63) is 41.7 Å². The lowest BCUT2D eigenvalue weighted by Crippen LogP contribution is -2.47. The Morgan fingerprint density at radius 1 is 1.30 bits per heavy atom. The van der Waals surface area contributed by atoms with Crippen molar-refractivity contribution in [2.24, 2.45) is 5.92 Å². The molecule has 1 saturated heterocycles. The van der Waals surface area contributed by atoms with E-state index in [1.165, 1.54) is 17.7 Å². The molecule has 1 unspecified atom stereocenters. The van der Waals surface area contributed by atoms with E-state index in [0.717, 1.165) is 32.4 Å². The lowest BCUT2D eigenvalue weighted by atomic mass is 9.97. The number of nitrogens with zero attached hydrogens (tertiary/aromatic N) is 1. The Balaban J connectivity index is 0.00000261. The standard InChI is InChI=1S/C19H25FN4O2.ClH/c20-16-5-1-2-6-17(16)23-19(26)24-11-3-4-15(13-24)18(25)22-12-14-7-9-21-10-8-14;/h1-2,5-7,15,21H,3-4,8-13H2,(H,22,25)(H,23,26);1H. The summed E-state index contributed by atoms with van der Waals surface area (Å²) in [7, 11) is 0. The number of hydrogen-bond donors (Lipinski definition) is 3. The number of halogens is 2. The normalized spacial score (nSPS) is 19.5. The largest absolute Gasteiger partial charge is 0.352 e. The molecule has 2 heterocycles. The Morgan fingerprint density at radius 2 is 2.11 bits per heavy atom. The van der Waals surface area contributed by atoms with Crippen LogP contribution in [0.15, 0.2) is 35.9 Å². The van der Waals surface area contributed by atoms with Crippen LogP contribution in [0.5, 0.6) is 0 Å². The lowest BCUT2D eigenvalue weighted by Gasteiger charge is -2.32. The number of nitrogens with one attached hydrogen (secondary N) is 3. The second-order valence-electron chi connectivity index (χ2n) is 6.73. The van der Waals surface area contributed by atoms with Gasteiger partial charge in [0.15, 0.2) is 0 Å². The highest BCUT2D eigenvalue weighted by atomic mass is 35.5. The number of hydrogen-bond acceptors (Lipinski definition) is 3. The van der Waals surface area contributed by atoms with Crippen molar-refractivity contribution < 1.29 is 14.0 Å². The molecule has 1 fully saturated rings. The molecule has 0 spiro atoms. The third kappa shape index (κ3) is 5.94. The zero-order chi connectivity index (χ0) is 18.4. The molecule has 8 heteroatoms. The fourth-order valence-electron chi connectivity index (χ4n) is 3.31. The van der Waals surface area contributed by atoms with E-state index in [0.29, 0.717) is 19.6 Å². The van der Waals surface area contributed by atoms with E-state index in [-0.39, 0.29) is 36.0 Å². The van der Waals surface area contributed by atoms with Crippen LogP contribution in [-0.2, 0) is 4.79 Å². The number of carbonyl (C=O) groups is 2. The lowest BCUT2D eigenvalue weighted by molar-refractivity contribution is -0.126. The number of amides is 3. The van der Waals surface area contributed by atoms with Gasteiger partial charge in [-0.2, -0.15) is 0 Å². The molecule has 3 amide bonds. The Morgan fingerprint density at radius 3 is 2.85 bits per heavy atom. The zero-order valence-electron chi connectivity index (χ0n) is 15.2. The van der Waals surface area contributed by atoms with Crippen LogP contribution in [0.1, 0.15) is 19.3 Å². The average Bonchev–Trinajstić information content (AvgIpc) is 2.69. The summed E-state index contributed by atoms with van der Waals surface area (Å²) < 4.78 is 13.7. The fraction of sp³-hybridized carbons (Fsp3) is 0.474. The van der Waals surface area contributed by atoms with Gasteiger partial charge in [0.25, 0.3) is 0 Å². The van der Waals surface area contributed by atoms with Crippen LogP contribution in [0.4, 0.5) is 14.9 Å². The maximum absolute atomic E-state index is 13.7. The van der Waals surface area contributed by atoms with Gasteiger partial charge in [-0.3, -0.25) is 4.79 Å². The number of para-hydroxylation sites is 1. The van der Waals surface area contributed by atoms with E-state index in [1.807, 2.05) is 0 Å². The second-order valence-corrected chi connectivity index (χ2v) is 6.73. The minimum absolute atomic E-state index is 0. The van der Waals surface area contributed by atoms with Gasteiger partial charge in [0.1, 0.15) is 5.82 Å². The Labute approximate surface area is 165 Å². The van der Waals surface area contributed by atoms with Crippen molar-refractivity contribution in [1.29, 1.82) is 0 Å². The van der Waals surface area contributed by atoms with Crippen molar-refractivity contribution in [3.63, 3.8) is 0 Å². The van der Waals surface area contributed by atoms with Crippen LogP contribution in [0.3, 0.4) is 0 Å². The van der Waals surface area contributed by atoms with Gasteiger partial charge in [-0.05, 0) is 37.9 Å². The smallest absolute Gasteiger partial charge is 0.321 e. The molecule has 1 aromatic carbocycles. The predicted molar refractivity (Wildman–Crippen MR) is 106 cm³/mol. The zero-order valence-corrected chi connectivity index (χ0v) is 16.0. The maximum Gasteiger partial charge on any atom is 0.321 e. The van der Waals surface area contributed by atoms with Gasteiger partial charge in [-0.15, -0.1) is 12.4 Å². The first-order valence-electron chi connectivity index (χ1n) is 9.10. The summed E-state index contributed by atoms with van der Waals surface area (Å²) in [5.41, 5.74) is 1.39. The molecule has 0 bridgehead atoms. The van der Waals surface area contributed by atoms with E-state index in [2.05, 4.69) is 22.0 Å². The first-order chi connectivity index (χ1) is 12.6. The number of carbonyl (C=O) groups excluding carboxylic acids is 2. The number of likely N-dealkylation sites (tertiary alicyclic amines) is 1. The van der Waals surface area contributed by atoms with Crippen molar-refractivity contribution >= 4 is 30.0 Å². The Hall–Kier alpha value is -2.12. The van der Waals surface area contributed by atoms with Crippen LogP contribution < -0.4 is 16.0 Å². The topological polar surface area (TPSA) is 73.5 Å². The first-order valence-corrected chi connectivity index (χ1v) is 9.10. The van der Waals surface area contributed by atoms with Gasteiger partial charge in [0.2, 0.25) is 5.91 Å². The van der Waals surface area contributed by atoms with Crippen LogP contribution in [0, 0.1) is 11.7 Å². The molecular formula is C19H26ClFN4O2. The third-order valence-electron chi connectivity index (χ3n) is 4.84. The second kappa shape index (κ2) is 10.3. The Kier molecular flexibility index (Phi) is 8.06. The van der Waals surface area contributed by atoms with E-state index in [4.69, 9.17) is 0 Å². The van der Waals surface area contributed by atoms with Crippen molar-refractivity contribution in [2.75, 3.05) is 38.0 Å². The summed E-state index contributed by atoms with van der Waals surface area (Å²) in [4.78, 5) is 26.4. The maximum atomic E-state index is 13.7. The van der Waals surface area contributed by atoms with Gasteiger partial charge < -0.3 is 20.9 Å². The van der Waals surface area contributed by atoms with Crippen LogP contribution in [0.2, 0.25) is 0 Å². The van der Waals surface area contributed by atoms with Crippen molar-refractivity contribution in [2.45, 2.75) is 19.3 Å². The van der Waals surface area contributed by atoms with Gasteiger partial charge in [0, 0.05) is 26.2 Å². The summed E-state index contributed by atoms with van der Waals surface area (Å²) >= 11 is 0. The predicted octanol–water partition coefficient (Wildman–Crippen LogP) is 2.53. The summed E-state index contributed by atoms with van der Waals surface area (Å²) in [5.74, 6) is -0.715. The summed E-state index contributed by atoms with van der Waals surface area (Å²) in [6.07, 6.45) is 4.58. The van der Waals surface area contributed by atoms with Crippen LogP contribution in [-0.4, -0.2) is 49.6 Å². The number of anilines is 1. The molecular weight excluding hydrogens is 371 g/mol. The first kappa shape index (κ1) is 21.2. The molecule has 1 atom stereocenters.